The van der Waals surface area contributed by atoms with E-state index in [2.05, 4.69) is 10.1 Å². The molecule has 0 saturated carbocycles. The molecule has 3 aromatic rings. The third kappa shape index (κ3) is 3.69. The molecule has 1 aromatic heterocycles. The van der Waals surface area contributed by atoms with Crippen molar-refractivity contribution in [1.82, 2.24) is 14.4 Å². The zero-order valence-corrected chi connectivity index (χ0v) is 17.4. The van der Waals surface area contributed by atoms with E-state index in [-0.39, 0.29) is 22.4 Å². The van der Waals surface area contributed by atoms with Crippen LogP contribution in [-0.4, -0.2) is 34.3 Å². The van der Waals surface area contributed by atoms with Crippen LogP contribution in [0.2, 0.25) is 5.02 Å². The summed E-state index contributed by atoms with van der Waals surface area (Å²) in [5.74, 6) is 0.566. The van der Waals surface area contributed by atoms with Gasteiger partial charge in [0, 0.05) is 18.2 Å². The predicted octanol–water partition coefficient (Wildman–Crippen LogP) is 4.13. The van der Waals surface area contributed by atoms with Gasteiger partial charge in [0.1, 0.15) is 11.1 Å². The Balaban J connectivity index is 1.67. The third-order valence-electron chi connectivity index (χ3n) is 4.93. The van der Waals surface area contributed by atoms with Crippen LogP contribution in [0.4, 0.5) is 5.69 Å². The van der Waals surface area contributed by atoms with Crippen LogP contribution >= 0.6 is 11.6 Å². The lowest BCUT2D eigenvalue weighted by molar-refractivity contribution is -0.384. The lowest BCUT2D eigenvalue weighted by atomic mass is 10.1. The molecule has 0 amide bonds. The van der Waals surface area contributed by atoms with E-state index in [9.17, 15) is 18.5 Å². The smallest absolute Gasteiger partial charge is 0.289 e. The molecule has 156 valence electrons. The lowest BCUT2D eigenvalue weighted by Gasteiger charge is -2.21. The molecule has 4 rings (SSSR count). The fourth-order valence-corrected chi connectivity index (χ4v) is 5.33. The third-order valence-corrected chi connectivity index (χ3v) is 7.15. The first-order valence-electron chi connectivity index (χ1n) is 9.14. The van der Waals surface area contributed by atoms with Gasteiger partial charge in [0.15, 0.2) is 0 Å². The molecule has 1 atom stereocenters. The Morgan fingerprint density at radius 2 is 2.07 bits per heavy atom. The van der Waals surface area contributed by atoms with Gasteiger partial charge in [-0.05, 0) is 38.0 Å². The summed E-state index contributed by atoms with van der Waals surface area (Å²) in [6, 6.07) is 10.4. The van der Waals surface area contributed by atoms with Crippen molar-refractivity contribution in [3.8, 4) is 11.4 Å². The molecule has 0 radical (unpaired) electrons. The van der Waals surface area contributed by atoms with E-state index >= 15 is 0 Å². The van der Waals surface area contributed by atoms with E-state index < -0.39 is 26.7 Å². The number of nitrogens with zero attached hydrogens (tertiary/aromatic N) is 4. The Hall–Kier alpha value is -2.82. The molecule has 0 aliphatic carbocycles. The summed E-state index contributed by atoms with van der Waals surface area (Å²) in [5, 5.41) is 15.0. The summed E-state index contributed by atoms with van der Waals surface area (Å²) in [4.78, 5) is 14.6. The van der Waals surface area contributed by atoms with Crippen LogP contribution in [0.5, 0.6) is 0 Å². The van der Waals surface area contributed by atoms with Crippen LogP contribution in [-0.2, 0) is 10.0 Å². The Labute approximate surface area is 177 Å². The van der Waals surface area contributed by atoms with Crippen LogP contribution in [0.25, 0.3) is 11.4 Å². The maximum absolute atomic E-state index is 13.2. The van der Waals surface area contributed by atoms with Gasteiger partial charge in [0.05, 0.1) is 9.82 Å². The van der Waals surface area contributed by atoms with Gasteiger partial charge >= 0.3 is 0 Å². The SMILES string of the molecule is Cc1cccc(-c2noc(C3CCCN3S(=O)(=O)c3ccc(Cl)c([N+](=O)[O-])c3)n2)c1. The Morgan fingerprint density at radius 3 is 2.80 bits per heavy atom. The second-order valence-corrected chi connectivity index (χ2v) is 9.27. The van der Waals surface area contributed by atoms with Gasteiger partial charge in [-0.25, -0.2) is 8.42 Å². The summed E-state index contributed by atoms with van der Waals surface area (Å²) in [7, 11) is -4.03. The zero-order valence-electron chi connectivity index (χ0n) is 15.9. The van der Waals surface area contributed by atoms with Gasteiger partial charge in [0.2, 0.25) is 21.7 Å². The fourth-order valence-electron chi connectivity index (χ4n) is 3.47. The summed E-state index contributed by atoms with van der Waals surface area (Å²) in [5.41, 5.74) is 1.34. The molecule has 1 unspecified atom stereocenters. The van der Waals surface area contributed by atoms with Crippen molar-refractivity contribution in [3.63, 3.8) is 0 Å². The van der Waals surface area contributed by atoms with Crippen LogP contribution in [0.1, 0.15) is 30.3 Å². The predicted molar refractivity (Wildman–Crippen MR) is 108 cm³/mol. The average molecular weight is 449 g/mol. The first-order chi connectivity index (χ1) is 14.3. The minimum Gasteiger partial charge on any atom is -0.337 e. The van der Waals surface area contributed by atoms with E-state index in [4.69, 9.17) is 16.1 Å². The van der Waals surface area contributed by atoms with E-state index in [1.165, 1.54) is 16.4 Å². The highest BCUT2D eigenvalue weighted by molar-refractivity contribution is 7.89. The number of nitro groups is 1. The van der Waals surface area contributed by atoms with E-state index in [0.717, 1.165) is 17.2 Å². The van der Waals surface area contributed by atoms with Crippen molar-refractivity contribution in [2.75, 3.05) is 6.54 Å². The second-order valence-electron chi connectivity index (χ2n) is 6.97. The highest BCUT2D eigenvalue weighted by atomic mass is 35.5. The summed E-state index contributed by atoms with van der Waals surface area (Å²) in [6.07, 6.45) is 1.10. The van der Waals surface area contributed by atoms with Crippen molar-refractivity contribution in [3.05, 3.63) is 69.1 Å². The first kappa shape index (κ1) is 20.5. The summed E-state index contributed by atoms with van der Waals surface area (Å²) < 4.78 is 33.0. The molecule has 2 heterocycles. The Kier molecular flexibility index (Phi) is 5.31. The minimum absolute atomic E-state index is 0.128. The molecule has 9 nitrogen and oxygen atoms in total. The molecule has 1 saturated heterocycles. The van der Waals surface area contributed by atoms with E-state index in [0.29, 0.717) is 18.7 Å². The minimum atomic E-state index is -4.03. The molecule has 2 aromatic carbocycles. The second kappa shape index (κ2) is 7.78. The molecule has 30 heavy (non-hydrogen) atoms. The molecular weight excluding hydrogens is 432 g/mol. The first-order valence-corrected chi connectivity index (χ1v) is 11.0. The molecule has 1 aliphatic rings. The van der Waals surface area contributed by atoms with Crippen LogP contribution in [0.3, 0.4) is 0 Å². The number of aryl methyl sites for hydroxylation is 1. The van der Waals surface area contributed by atoms with Gasteiger partial charge in [-0.15, -0.1) is 0 Å². The van der Waals surface area contributed by atoms with Gasteiger partial charge in [0.25, 0.3) is 5.69 Å². The number of rotatable bonds is 5. The van der Waals surface area contributed by atoms with Crippen molar-refractivity contribution in [2.45, 2.75) is 30.7 Å². The fraction of sp³-hybridized carbons (Fsp3) is 0.263. The van der Waals surface area contributed by atoms with Crippen molar-refractivity contribution in [2.24, 2.45) is 0 Å². The molecule has 11 heteroatoms. The van der Waals surface area contributed by atoms with Crippen LogP contribution < -0.4 is 0 Å². The van der Waals surface area contributed by atoms with E-state index in [1.807, 2.05) is 31.2 Å². The van der Waals surface area contributed by atoms with E-state index in [1.54, 1.807) is 0 Å². The molecular formula is C19H17ClN4O5S. The number of halogens is 1. The van der Waals surface area contributed by atoms with Gasteiger partial charge in [-0.1, -0.05) is 40.5 Å². The topological polar surface area (TPSA) is 119 Å². The number of hydrogen-bond acceptors (Lipinski definition) is 7. The number of nitro benzene ring substituents is 1. The monoisotopic (exact) mass is 448 g/mol. The highest BCUT2D eigenvalue weighted by Gasteiger charge is 2.40. The molecule has 1 aliphatic heterocycles. The molecule has 0 N–H and O–H groups in total. The molecule has 0 bridgehead atoms. The van der Waals surface area contributed by atoms with Crippen LogP contribution in [0, 0.1) is 17.0 Å². The normalized spacial score (nSPS) is 17.3. The Morgan fingerprint density at radius 1 is 1.27 bits per heavy atom. The quantitative estimate of drug-likeness (QED) is 0.425. The molecule has 1 fully saturated rings. The molecule has 0 spiro atoms. The average Bonchev–Trinajstić information content (AvgIpc) is 3.37. The van der Waals surface area contributed by atoms with Crippen LogP contribution in [0.15, 0.2) is 51.9 Å². The van der Waals surface area contributed by atoms with Gasteiger partial charge in [-0.2, -0.15) is 9.29 Å². The number of aromatic nitrogens is 2. The summed E-state index contributed by atoms with van der Waals surface area (Å²) in [6.45, 7) is 2.19. The standard InChI is InChI=1S/C19H17ClN4O5S/c1-12-4-2-5-13(10-12)18-21-19(29-22-18)16-6-3-9-23(16)30(27,28)14-7-8-15(20)17(11-14)24(25)26/h2,4-5,7-8,10-11,16H,3,6,9H2,1H3. The van der Waals surface area contributed by atoms with Crippen molar-refractivity contribution in [1.29, 1.82) is 0 Å². The van der Waals surface area contributed by atoms with Crippen molar-refractivity contribution >= 4 is 27.3 Å². The Bertz CT molecular complexity index is 1230. The van der Waals surface area contributed by atoms with Crippen molar-refractivity contribution < 1.29 is 17.9 Å². The van der Waals surface area contributed by atoms with Gasteiger partial charge < -0.3 is 4.52 Å². The highest BCUT2D eigenvalue weighted by Crippen LogP contribution is 2.38. The maximum atomic E-state index is 13.2. The summed E-state index contributed by atoms with van der Waals surface area (Å²) >= 11 is 5.81. The number of benzene rings is 2. The number of sulfonamides is 1. The maximum Gasteiger partial charge on any atom is 0.289 e. The largest absolute Gasteiger partial charge is 0.337 e. The number of hydrogen-bond donors (Lipinski definition) is 0. The van der Waals surface area contributed by atoms with Gasteiger partial charge in [-0.3, -0.25) is 10.1 Å². The lowest BCUT2D eigenvalue weighted by Crippen LogP contribution is -2.31. The zero-order chi connectivity index (χ0) is 21.5.